The molecule has 0 aliphatic carbocycles. The van der Waals surface area contributed by atoms with E-state index in [4.69, 9.17) is 4.74 Å². The SMILES string of the molecule is CC(C)(C)OC(=O)N1CC(c2nccs2)=C[C@H]1CO. The van der Waals surface area contributed by atoms with Gasteiger partial charge >= 0.3 is 6.09 Å². The van der Waals surface area contributed by atoms with Gasteiger partial charge in [0.15, 0.2) is 0 Å². The van der Waals surface area contributed by atoms with Gasteiger partial charge in [-0.25, -0.2) is 9.78 Å². The van der Waals surface area contributed by atoms with Crippen LogP contribution in [0.4, 0.5) is 4.79 Å². The lowest BCUT2D eigenvalue weighted by Crippen LogP contribution is -2.41. The molecular weight excluding hydrogens is 264 g/mol. The molecular formula is C13H18N2O3S. The lowest BCUT2D eigenvalue weighted by atomic mass is 10.2. The van der Waals surface area contributed by atoms with Crippen molar-refractivity contribution in [1.29, 1.82) is 0 Å². The zero-order valence-electron chi connectivity index (χ0n) is 11.3. The van der Waals surface area contributed by atoms with Crippen LogP contribution >= 0.6 is 11.3 Å². The molecule has 1 aromatic heterocycles. The van der Waals surface area contributed by atoms with E-state index >= 15 is 0 Å². The van der Waals surface area contributed by atoms with Crippen molar-refractivity contribution in [2.24, 2.45) is 0 Å². The van der Waals surface area contributed by atoms with Crippen LogP contribution in [0.25, 0.3) is 5.57 Å². The van der Waals surface area contributed by atoms with Gasteiger partial charge in [0, 0.05) is 17.2 Å². The Morgan fingerprint density at radius 1 is 1.63 bits per heavy atom. The summed E-state index contributed by atoms with van der Waals surface area (Å²) in [6.07, 6.45) is 3.20. The number of nitrogens with zero attached hydrogens (tertiary/aromatic N) is 2. The standard InChI is InChI=1S/C13H18N2O3S/c1-13(2,3)18-12(17)15-7-9(6-10(15)8-16)11-14-4-5-19-11/h4-6,10,16H,7-8H2,1-3H3/t10-/m0/s1. The molecule has 1 atom stereocenters. The Bertz CT molecular complexity index is 477. The highest BCUT2D eigenvalue weighted by atomic mass is 32.1. The summed E-state index contributed by atoms with van der Waals surface area (Å²) in [6.45, 7) is 5.78. The molecule has 0 bridgehead atoms. The normalized spacial score (nSPS) is 19.5. The second-order valence-corrected chi connectivity index (χ2v) is 6.28. The lowest BCUT2D eigenvalue weighted by molar-refractivity contribution is 0.0200. The molecule has 2 rings (SSSR count). The average molecular weight is 282 g/mol. The topological polar surface area (TPSA) is 62.7 Å². The van der Waals surface area contributed by atoms with E-state index in [2.05, 4.69) is 4.98 Å². The van der Waals surface area contributed by atoms with E-state index < -0.39 is 11.7 Å². The van der Waals surface area contributed by atoms with Gasteiger partial charge in [-0.3, -0.25) is 4.90 Å². The number of ether oxygens (including phenoxy) is 1. The van der Waals surface area contributed by atoms with E-state index in [0.29, 0.717) is 6.54 Å². The first kappa shape index (κ1) is 14.0. The van der Waals surface area contributed by atoms with E-state index in [9.17, 15) is 9.90 Å². The molecule has 1 aromatic rings. The highest BCUT2D eigenvalue weighted by Gasteiger charge is 2.32. The molecule has 1 aliphatic rings. The van der Waals surface area contributed by atoms with Crippen molar-refractivity contribution in [3.63, 3.8) is 0 Å². The molecule has 1 amide bonds. The first-order valence-corrected chi connectivity index (χ1v) is 7.00. The van der Waals surface area contributed by atoms with Gasteiger partial charge < -0.3 is 9.84 Å². The first-order chi connectivity index (χ1) is 8.90. The van der Waals surface area contributed by atoms with Crippen LogP contribution in [0.15, 0.2) is 17.7 Å². The van der Waals surface area contributed by atoms with E-state index in [1.54, 1.807) is 6.20 Å². The first-order valence-electron chi connectivity index (χ1n) is 6.12. The van der Waals surface area contributed by atoms with Crippen molar-refractivity contribution in [2.75, 3.05) is 13.2 Å². The van der Waals surface area contributed by atoms with Gasteiger partial charge in [0.05, 0.1) is 19.2 Å². The predicted molar refractivity (Wildman–Crippen MR) is 73.9 cm³/mol. The fraction of sp³-hybridized carbons (Fsp3) is 0.538. The zero-order valence-corrected chi connectivity index (χ0v) is 12.1. The minimum atomic E-state index is -0.541. The third kappa shape index (κ3) is 3.33. The summed E-state index contributed by atoms with van der Waals surface area (Å²) in [4.78, 5) is 17.8. The predicted octanol–water partition coefficient (Wildman–Crippen LogP) is 2.14. The van der Waals surface area contributed by atoms with Crippen LogP contribution in [0.1, 0.15) is 25.8 Å². The maximum atomic E-state index is 12.1. The van der Waals surface area contributed by atoms with E-state index in [-0.39, 0.29) is 12.6 Å². The highest BCUT2D eigenvalue weighted by molar-refractivity contribution is 7.10. The largest absolute Gasteiger partial charge is 0.444 e. The Morgan fingerprint density at radius 2 is 2.37 bits per heavy atom. The number of carbonyl (C=O) groups is 1. The maximum Gasteiger partial charge on any atom is 0.411 e. The molecule has 19 heavy (non-hydrogen) atoms. The molecule has 6 heteroatoms. The Labute approximate surface area is 116 Å². The molecule has 5 nitrogen and oxygen atoms in total. The van der Waals surface area contributed by atoms with Crippen molar-refractivity contribution in [1.82, 2.24) is 9.88 Å². The second-order valence-electron chi connectivity index (χ2n) is 5.39. The van der Waals surface area contributed by atoms with Gasteiger partial charge in [-0.05, 0) is 20.8 Å². The molecule has 0 aromatic carbocycles. The molecule has 1 aliphatic heterocycles. The summed E-state index contributed by atoms with van der Waals surface area (Å²) in [7, 11) is 0. The lowest BCUT2D eigenvalue weighted by Gasteiger charge is -2.27. The van der Waals surface area contributed by atoms with Crippen LogP contribution in [0.3, 0.4) is 0 Å². The molecule has 0 saturated heterocycles. The Hall–Kier alpha value is -1.40. The number of aromatic nitrogens is 1. The van der Waals surface area contributed by atoms with Gasteiger partial charge in [-0.15, -0.1) is 11.3 Å². The molecule has 0 radical (unpaired) electrons. The van der Waals surface area contributed by atoms with Crippen molar-refractivity contribution >= 4 is 23.0 Å². The van der Waals surface area contributed by atoms with E-state index in [1.165, 1.54) is 16.2 Å². The summed E-state index contributed by atoms with van der Waals surface area (Å²) in [5.74, 6) is 0. The van der Waals surface area contributed by atoms with Gasteiger partial charge in [-0.1, -0.05) is 6.08 Å². The number of rotatable bonds is 2. The van der Waals surface area contributed by atoms with Crippen LogP contribution in [0.2, 0.25) is 0 Å². The zero-order chi connectivity index (χ0) is 14.0. The number of carbonyl (C=O) groups excluding carboxylic acids is 1. The van der Waals surface area contributed by atoms with Crippen LogP contribution in [-0.4, -0.2) is 45.9 Å². The van der Waals surface area contributed by atoms with Crippen LogP contribution in [0.5, 0.6) is 0 Å². The Morgan fingerprint density at radius 3 is 2.89 bits per heavy atom. The minimum Gasteiger partial charge on any atom is -0.444 e. The number of hydrogen-bond acceptors (Lipinski definition) is 5. The van der Waals surface area contributed by atoms with Crippen molar-refractivity contribution in [3.8, 4) is 0 Å². The number of aliphatic hydroxyl groups is 1. The Balaban J connectivity index is 2.10. The fourth-order valence-corrected chi connectivity index (χ4v) is 2.52. The monoisotopic (exact) mass is 282 g/mol. The molecule has 1 N–H and O–H groups in total. The molecule has 0 fully saturated rings. The summed E-state index contributed by atoms with van der Waals surface area (Å²) >= 11 is 1.52. The third-order valence-corrected chi connectivity index (χ3v) is 3.51. The molecule has 0 saturated carbocycles. The average Bonchev–Trinajstić information content (AvgIpc) is 2.95. The van der Waals surface area contributed by atoms with Crippen LogP contribution in [0, 0.1) is 0 Å². The van der Waals surface area contributed by atoms with Crippen LogP contribution in [-0.2, 0) is 4.74 Å². The van der Waals surface area contributed by atoms with Crippen molar-refractivity contribution < 1.29 is 14.6 Å². The second kappa shape index (κ2) is 5.30. The van der Waals surface area contributed by atoms with Gasteiger partial charge in [0.25, 0.3) is 0 Å². The molecule has 104 valence electrons. The van der Waals surface area contributed by atoms with Crippen LogP contribution < -0.4 is 0 Å². The van der Waals surface area contributed by atoms with E-state index in [0.717, 1.165) is 10.6 Å². The van der Waals surface area contributed by atoms with Crippen molar-refractivity contribution in [3.05, 3.63) is 22.7 Å². The third-order valence-electron chi connectivity index (χ3n) is 2.66. The molecule has 0 unspecified atom stereocenters. The molecule has 0 spiro atoms. The van der Waals surface area contributed by atoms with Gasteiger partial charge in [-0.2, -0.15) is 0 Å². The van der Waals surface area contributed by atoms with Gasteiger partial charge in [0.2, 0.25) is 0 Å². The van der Waals surface area contributed by atoms with Crippen molar-refractivity contribution in [2.45, 2.75) is 32.4 Å². The highest BCUT2D eigenvalue weighted by Crippen LogP contribution is 2.27. The minimum absolute atomic E-state index is 0.117. The smallest absolute Gasteiger partial charge is 0.411 e. The summed E-state index contributed by atoms with van der Waals surface area (Å²) in [5, 5.41) is 12.2. The number of hydrogen-bond donors (Lipinski definition) is 1. The summed E-state index contributed by atoms with van der Waals surface area (Å²) in [5.41, 5.74) is 0.418. The van der Waals surface area contributed by atoms with Gasteiger partial charge in [0.1, 0.15) is 10.6 Å². The number of thiazole rings is 1. The number of aliphatic hydroxyl groups excluding tert-OH is 1. The quantitative estimate of drug-likeness (QED) is 0.902. The van der Waals surface area contributed by atoms with E-state index in [1.807, 2.05) is 32.2 Å². The number of amides is 1. The summed E-state index contributed by atoms with van der Waals surface area (Å²) in [6, 6.07) is -0.339. The fourth-order valence-electron chi connectivity index (χ4n) is 1.87. The summed E-state index contributed by atoms with van der Waals surface area (Å²) < 4.78 is 5.34. The Kier molecular flexibility index (Phi) is 3.91. The molecule has 2 heterocycles. The maximum absolute atomic E-state index is 12.1.